The highest BCUT2D eigenvalue weighted by Crippen LogP contribution is 2.22. The number of piperidine rings is 1. The summed E-state index contributed by atoms with van der Waals surface area (Å²) in [4.78, 5) is 16.5. The number of amides is 1. The minimum atomic E-state index is -0.295. The highest BCUT2D eigenvalue weighted by atomic mass is 35.5. The summed E-state index contributed by atoms with van der Waals surface area (Å²) in [5.74, 6) is 0.918. The van der Waals surface area contributed by atoms with Crippen LogP contribution in [-0.4, -0.2) is 68.7 Å². The van der Waals surface area contributed by atoms with E-state index in [9.17, 15) is 4.79 Å². The number of carbonyl (C=O) groups excluding carboxylic acids is 1. The molecule has 1 atom stereocenters. The summed E-state index contributed by atoms with van der Waals surface area (Å²) >= 11 is 0. The topological polar surface area (TPSA) is 58.8 Å². The summed E-state index contributed by atoms with van der Waals surface area (Å²) in [7, 11) is 3.89. The predicted molar refractivity (Wildman–Crippen MR) is 98.0 cm³/mol. The van der Waals surface area contributed by atoms with Gasteiger partial charge in [0.1, 0.15) is 0 Å². The summed E-state index contributed by atoms with van der Waals surface area (Å²) in [6.45, 7) is 6.78. The Morgan fingerprint density at radius 1 is 1.35 bits per heavy atom. The van der Waals surface area contributed by atoms with Crippen LogP contribution in [0.15, 0.2) is 0 Å². The Kier molecular flexibility index (Phi) is 12.8. The number of hydrogen-bond donors (Lipinski definition) is 1. The Balaban J connectivity index is 0.00000484. The first-order valence-corrected chi connectivity index (χ1v) is 8.80. The van der Waals surface area contributed by atoms with Crippen LogP contribution in [0, 0.1) is 5.92 Å². The van der Waals surface area contributed by atoms with E-state index in [-0.39, 0.29) is 24.4 Å². The number of nitrogens with two attached hydrogens (primary N) is 1. The van der Waals surface area contributed by atoms with Crippen molar-refractivity contribution < 1.29 is 9.53 Å². The van der Waals surface area contributed by atoms with Crippen LogP contribution in [0.3, 0.4) is 0 Å². The molecular weight excluding hydrogens is 314 g/mol. The third kappa shape index (κ3) is 8.89. The molecule has 1 fully saturated rings. The van der Waals surface area contributed by atoms with E-state index in [1.54, 1.807) is 7.11 Å². The fourth-order valence-electron chi connectivity index (χ4n) is 3.12. The monoisotopic (exact) mass is 349 g/mol. The zero-order valence-corrected chi connectivity index (χ0v) is 15.9. The highest BCUT2D eigenvalue weighted by Gasteiger charge is 2.25. The number of likely N-dealkylation sites (tertiary alicyclic amines) is 1. The van der Waals surface area contributed by atoms with Crippen molar-refractivity contribution in [1.29, 1.82) is 0 Å². The van der Waals surface area contributed by atoms with Gasteiger partial charge >= 0.3 is 0 Å². The Morgan fingerprint density at radius 3 is 2.57 bits per heavy atom. The first-order chi connectivity index (χ1) is 10.6. The first-order valence-electron chi connectivity index (χ1n) is 8.80. The molecular formula is C17H36ClN3O2. The lowest BCUT2D eigenvalue weighted by atomic mass is 9.91. The molecule has 0 aromatic carbocycles. The SMILES string of the molecule is CCCC(N)C(=O)N1CCC(CCCN(C)CCOC)CC1.Cl. The fraction of sp³-hybridized carbons (Fsp3) is 0.941. The van der Waals surface area contributed by atoms with Gasteiger partial charge in [0.25, 0.3) is 0 Å². The number of likely N-dealkylation sites (N-methyl/N-ethyl adjacent to an activating group) is 1. The normalized spacial score (nSPS) is 17.2. The lowest BCUT2D eigenvalue weighted by Gasteiger charge is -2.33. The van der Waals surface area contributed by atoms with E-state index in [1.807, 2.05) is 4.90 Å². The molecule has 1 saturated heterocycles. The van der Waals surface area contributed by atoms with Gasteiger partial charge in [-0.2, -0.15) is 0 Å². The zero-order chi connectivity index (χ0) is 16.4. The van der Waals surface area contributed by atoms with E-state index >= 15 is 0 Å². The van der Waals surface area contributed by atoms with Crippen molar-refractivity contribution >= 4 is 18.3 Å². The molecule has 0 aliphatic carbocycles. The van der Waals surface area contributed by atoms with Gasteiger partial charge < -0.3 is 20.3 Å². The number of rotatable bonds is 10. The molecule has 0 aromatic rings. The molecule has 0 saturated carbocycles. The molecule has 1 aliphatic heterocycles. The summed E-state index contributed by atoms with van der Waals surface area (Å²) in [5, 5.41) is 0. The van der Waals surface area contributed by atoms with Crippen LogP contribution in [-0.2, 0) is 9.53 Å². The van der Waals surface area contributed by atoms with Gasteiger partial charge in [0.2, 0.25) is 5.91 Å². The van der Waals surface area contributed by atoms with E-state index in [2.05, 4.69) is 18.9 Å². The Bertz CT molecular complexity index is 310. The number of nitrogens with zero attached hydrogens (tertiary/aromatic N) is 2. The van der Waals surface area contributed by atoms with Crippen LogP contribution in [0.25, 0.3) is 0 Å². The lowest BCUT2D eigenvalue weighted by Crippen LogP contribution is -2.47. The number of halogens is 1. The predicted octanol–water partition coefficient (Wildman–Crippen LogP) is 2.13. The van der Waals surface area contributed by atoms with Crippen molar-refractivity contribution in [2.75, 3.05) is 46.9 Å². The van der Waals surface area contributed by atoms with Crippen molar-refractivity contribution in [2.45, 2.75) is 51.5 Å². The van der Waals surface area contributed by atoms with Crippen LogP contribution in [0.1, 0.15) is 45.4 Å². The highest BCUT2D eigenvalue weighted by molar-refractivity contribution is 5.85. The number of methoxy groups -OCH3 is 1. The molecule has 6 heteroatoms. The molecule has 23 heavy (non-hydrogen) atoms. The summed E-state index contributed by atoms with van der Waals surface area (Å²) < 4.78 is 5.09. The molecule has 0 bridgehead atoms. The van der Waals surface area contributed by atoms with Crippen molar-refractivity contribution in [2.24, 2.45) is 11.7 Å². The van der Waals surface area contributed by atoms with Crippen LogP contribution < -0.4 is 5.73 Å². The molecule has 1 heterocycles. The van der Waals surface area contributed by atoms with Crippen molar-refractivity contribution in [3.8, 4) is 0 Å². The molecule has 0 spiro atoms. The van der Waals surface area contributed by atoms with Crippen LogP contribution in [0.2, 0.25) is 0 Å². The van der Waals surface area contributed by atoms with Gasteiger partial charge in [-0.05, 0) is 51.6 Å². The van der Waals surface area contributed by atoms with E-state index < -0.39 is 0 Å². The summed E-state index contributed by atoms with van der Waals surface area (Å²) in [6.07, 6.45) is 6.53. The molecule has 1 rings (SSSR count). The smallest absolute Gasteiger partial charge is 0.239 e. The largest absolute Gasteiger partial charge is 0.383 e. The van der Waals surface area contributed by atoms with E-state index in [1.165, 1.54) is 12.8 Å². The summed E-state index contributed by atoms with van der Waals surface area (Å²) in [6, 6.07) is -0.295. The molecule has 1 aliphatic rings. The quantitative estimate of drug-likeness (QED) is 0.656. The second kappa shape index (κ2) is 13.0. The minimum Gasteiger partial charge on any atom is -0.383 e. The number of ether oxygens (including phenoxy) is 1. The van der Waals surface area contributed by atoms with Gasteiger partial charge in [-0.3, -0.25) is 4.79 Å². The Labute approximate surface area is 148 Å². The zero-order valence-electron chi connectivity index (χ0n) is 15.1. The van der Waals surface area contributed by atoms with E-state index in [0.29, 0.717) is 0 Å². The maximum Gasteiger partial charge on any atom is 0.239 e. The van der Waals surface area contributed by atoms with Gasteiger partial charge in [0.15, 0.2) is 0 Å². The molecule has 138 valence electrons. The Morgan fingerprint density at radius 2 is 2.00 bits per heavy atom. The number of carbonyl (C=O) groups is 1. The van der Waals surface area contributed by atoms with Crippen molar-refractivity contribution in [3.63, 3.8) is 0 Å². The molecule has 0 radical (unpaired) electrons. The van der Waals surface area contributed by atoms with E-state index in [4.69, 9.17) is 10.5 Å². The first kappa shape index (κ1) is 22.6. The van der Waals surface area contributed by atoms with Crippen LogP contribution in [0.5, 0.6) is 0 Å². The third-order valence-corrected chi connectivity index (χ3v) is 4.67. The van der Waals surface area contributed by atoms with Gasteiger partial charge in [0.05, 0.1) is 12.6 Å². The van der Waals surface area contributed by atoms with Gasteiger partial charge in [-0.15, -0.1) is 12.4 Å². The molecule has 2 N–H and O–H groups in total. The molecule has 1 unspecified atom stereocenters. The fourth-order valence-corrected chi connectivity index (χ4v) is 3.12. The van der Waals surface area contributed by atoms with E-state index in [0.717, 1.165) is 64.4 Å². The third-order valence-electron chi connectivity index (χ3n) is 4.67. The standard InChI is InChI=1S/C17H35N3O2.ClH/c1-4-6-16(18)17(21)20-11-8-15(9-12-20)7-5-10-19(2)13-14-22-3;/h15-16H,4-14,18H2,1-3H3;1H. The average Bonchev–Trinajstić information content (AvgIpc) is 2.53. The Hall–Kier alpha value is -0.360. The lowest BCUT2D eigenvalue weighted by molar-refractivity contribution is -0.134. The average molecular weight is 350 g/mol. The van der Waals surface area contributed by atoms with Crippen molar-refractivity contribution in [1.82, 2.24) is 9.80 Å². The van der Waals surface area contributed by atoms with Gasteiger partial charge in [-0.1, -0.05) is 13.3 Å². The second-order valence-corrected chi connectivity index (χ2v) is 6.60. The molecule has 0 aromatic heterocycles. The minimum absolute atomic E-state index is 0. The maximum atomic E-state index is 12.2. The van der Waals surface area contributed by atoms with Crippen LogP contribution in [0.4, 0.5) is 0 Å². The van der Waals surface area contributed by atoms with Crippen LogP contribution >= 0.6 is 12.4 Å². The molecule has 5 nitrogen and oxygen atoms in total. The maximum absolute atomic E-state index is 12.2. The second-order valence-electron chi connectivity index (χ2n) is 6.60. The summed E-state index contributed by atoms with van der Waals surface area (Å²) in [5.41, 5.74) is 5.94. The molecule has 1 amide bonds. The van der Waals surface area contributed by atoms with Gasteiger partial charge in [0, 0.05) is 26.7 Å². The van der Waals surface area contributed by atoms with Crippen molar-refractivity contribution in [3.05, 3.63) is 0 Å². The number of hydrogen-bond acceptors (Lipinski definition) is 4. The van der Waals surface area contributed by atoms with Gasteiger partial charge in [-0.25, -0.2) is 0 Å².